The quantitative estimate of drug-likeness (QED) is 0.0393. The number of unbranched alkanes of at least 4 members (excludes halogenated alkanes) is 36. The van der Waals surface area contributed by atoms with Crippen LogP contribution in [0.25, 0.3) is 0 Å². The second kappa shape index (κ2) is 51.0. The molecule has 0 aliphatic heterocycles. The van der Waals surface area contributed by atoms with Crippen molar-refractivity contribution < 1.29 is 33.4 Å². The van der Waals surface area contributed by atoms with Gasteiger partial charge in [0, 0.05) is 19.3 Å². The largest absolute Gasteiger partial charge is 0.462 e. The van der Waals surface area contributed by atoms with Crippen molar-refractivity contribution in [3.05, 3.63) is 35.9 Å². The fraction of sp³-hybridized carbons (Fsp3) is 0.839. The summed E-state index contributed by atoms with van der Waals surface area (Å²) >= 11 is 0. The lowest BCUT2D eigenvalue weighted by molar-refractivity contribution is -0.159. The molecule has 0 aliphatic rings. The SMILES string of the molecule is CCCCCCCCCCCCCCCC(=O)N[C@H](CCC[C@@H](COC(=O)CCCCCCCCCCCCCCC)OC(=O)CCCCCCCCCCCCCCC)C(=O)OCc1ccccc1. The van der Waals surface area contributed by atoms with Gasteiger partial charge in [-0.05, 0) is 44.1 Å². The fourth-order valence-corrected chi connectivity index (χ4v) is 9.45. The molecule has 1 amide bonds. The lowest BCUT2D eigenvalue weighted by atomic mass is 10.0. The standard InChI is InChI=1S/C62H111NO7/c1-4-7-10-13-16-19-22-25-28-31-34-37-43-51-59(64)63-58(62(67)69-54-56-47-41-40-42-48-56)50-46-49-57(70-61(66)53-45-39-36-33-30-27-24-21-18-15-12-9-6-3)55-68-60(65)52-44-38-35-32-29-26-23-20-17-14-11-8-5-2/h40-42,47-48,57-58H,4-39,43-46,49-55H2,1-3H3,(H,63,64)/t57-,58+/m0/s1. The van der Waals surface area contributed by atoms with Crippen LogP contribution >= 0.6 is 0 Å². The van der Waals surface area contributed by atoms with Gasteiger partial charge in [-0.15, -0.1) is 0 Å². The summed E-state index contributed by atoms with van der Waals surface area (Å²) < 4.78 is 17.4. The first-order chi connectivity index (χ1) is 34.4. The van der Waals surface area contributed by atoms with E-state index in [2.05, 4.69) is 26.1 Å². The summed E-state index contributed by atoms with van der Waals surface area (Å²) in [7, 11) is 0. The van der Waals surface area contributed by atoms with E-state index in [9.17, 15) is 19.2 Å². The first-order valence-electron chi connectivity index (χ1n) is 30.2. The van der Waals surface area contributed by atoms with Crippen molar-refractivity contribution in [3.63, 3.8) is 0 Å². The monoisotopic (exact) mass is 982 g/mol. The van der Waals surface area contributed by atoms with E-state index >= 15 is 0 Å². The third-order valence-corrected chi connectivity index (χ3v) is 14.1. The number of rotatable bonds is 53. The maximum Gasteiger partial charge on any atom is 0.328 e. The van der Waals surface area contributed by atoms with Crippen molar-refractivity contribution in [2.24, 2.45) is 0 Å². The molecule has 0 aromatic heterocycles. The van der Waals surface area contributed by atoms with Gasteiger partial charge in [0.05, 0.1) is 0 Å². The van der Waals surface area contributed by atoms with Crippen LogP contribution in [-0.4, -0.2) is 42.6 Å². The number of benzene rings is 1. The molecule has 8 heteroatoms. The summed E-state index contributed by atoms with van der Waals surface area (Å²) in [6, 6.07) is 8.73. The Morgan fingerprint density at radius 3 is 1.16 bits per heavy atom. The maximum atomic E-state index is 13.5. The van der Waals surface area contributed by atoms with Crippen molar-refractivity contribution in [1.82, 2.24) is 5.32 Å². The maximum absolute atomic E-state index is 13.5. The highest BCUT2D eigenvalue weighted by molar-refractivity contribution is 5.84. The minimum Gasteiger partial charge on any atom is -0.462 e. The molecule has 0 fully saturated rings. The van der Waals surface area contributed by atoms with Gasteiger partial charge in [0.25, 0.3) is 0 Å². The summed E-state index contributed by atoms with van der Waals surface area (Å²) in [5, 5.41) is 2.98. The normalized spacial score (nSPS) is 12.2. The molecule has 1 rings (SSSR count). The van der Waals surface area contributed by atoms with Crippen molar-refractivity contribution in [2.45, 2.75) is 328 Å². The lowest BCUT2D eigenvalue weighted by Crippen LogP contribution is -2.42. The molecule has 0 aliphatic carbocycles. The highest BCUT2D eigenvalue weighted by Crippen LogP contribution is 2.18. The molecule has 0 saturated heterocycles. The van der Waals surface area contributed by atoms with Gasteiger partial charge in [-0.2, -0.15) is 0 Å². The van der Waals surface area contributed by atoms with Crippen LogP contribution in [0.1, 0.15) is 315 Å². The smallest absolute Gasteiger partial charge is 0.328 e. The molecular weight excluding hydrogens is 871 g/mol. The van der Waals surface area contributed by atoms with E-state index in [0.29, 0.717) is 38.5 Å². The van der Waals surface area contributed by atoms with Gasteiger partial charge in [-0.3, -0.25) is 14.4 Å². The number of carbonyl (C=O) groups is 4. The highest BCUT2D eigenvalue weighted by Gasteiger charge is 2.24. The summed E-state index contributed by atoms with van der Waals surface area (Å²) in [6.07, 6.45) is 50.0. The van der Waals surface area contributed by atoms with Crippen LogP contribution in [-0.2, 0) is 40.0 Å². The van der Waals surface area contributed by atoms with E-state index in [0.717, 1.165) is 63.4 Å². The van der Waals surface area contributed by atoms with Gasteiger partial charge < -0.3 is 19.5 Å². The molecular formula is C62H111NO7. The van der Waals surface area contributed by atoms with Gasteiger partial charge >= 0.3 is 17.9 Å². The van der Waals surface area contributed by atoms with E-state index in [1.54, 1.807) is 0 Å². The van der Waals surface area contributed by atoms with Gasteiger partial charge in [0.1, 0.15) is 25.4 Å². The van der Waals surface area contributed by atoms with E-state index in [-0.39, 0.29) is 31.1 Å². The Morgan fingerprint density at radius 2 is 0.757 bits per heavy atom. The summed E-state index contributed by atoms with van der Waals surface area (Å²) in [5.74, 6) is -1.15. The van der Waals surface area contributed by atoms with Crippen LogP contribution in [0.5, 0.6) is 0 Å². The van der Waals surface area contributed by atoms with Crippen LogP contribution in [0, 0.1) is 0 Å². The molecule has 0 radical (unpaired) electrons. The topological polar surface area (TPSA) is 108 Å². The van der Waals surface area contributed by atoms with Crippen molar-refractivity contribution >= 4 is 23.8 Å². The molecule has 0 unspecified atom stereocenters. The summed E-state index contributed by atoms with van der Waals surface area (Å²) in [5.41, 5.74) is 0.879. The number of nitrogens with one attached hydrogen (secondary N) is 1. The average Bonchev–Trinajstić information content (AvgIpc) is 3.36. The van der Waals surface area contributed by atoms with Crippen LogP contribution in [0.3, 0.4) is 0 Å². The van der Waals surface area contributed by atoms with Crippen molar-refractivity contribution in [1.29, 1.82) is 0 Å². The Kier molecular flexibility index (Phi) is 47.5. The molecule has 1 aromatic carbocycles. The molecule has 1 aromatic rings. The van der Waals surface area contributed by atoms with E-state index < -0.39 is 18.1 Å². The van der Waals surface area contributed by atoms with E-state index in [4.69, 9.17) is 14.2 Å². The second-order valence-corrected chi connectivity index (χ2v) is 20.9. The first kappa shape index (κ1) is 65.1. The predicted molar refractivity (Wildman–Crippen MR) is 294 cm³/mol. The van der Waals surface area contributed by atoms with E-state index in [1.807, 2.05) is 30.3 Å². The van der Waals surface area contributed by atoms with Gasteiger partial charge in [0.2, 0.25) is 5.91 Å². The fourth-order valence-electron chi connectivity index (χ4n) is 9.45. The zero-order valence-electron chi connectivity index (χ0n) is 46.1. The minimum atomic E-state index is -0.821. The Hall–Kier alpha value is -2.90. The van der Waals surface area contributed by atoms with Crippen LogP contribution in [0.4, 0.5) is 0 Å². The van der Waals surface area contributed by atoms with Crippen LogP contribution < -0.4 is 5.32 Å². The molecule has 0 spiro atoms. The number of carbonyl (C=O) groups excluding carboxylic acids is 4. The molecule has 0 bridgehead atoms. The zero-order valence-corrected chi connectivity index (χ0v) is 46.1. The number of amides is 1. The number of esters is 3. The molecule has 2 atom stereocenters. The molecule has 0 saturated carbocycles. The third kappa shape index (κ3) is 43.9. The third-order valence-electron chi connectivity index (χ3n) is 14.1. The van der Waals surface area contributed by atoms with Crippen LogP contribution in [0.15, 0.2) is 30.3 Å². The number of hydrogen-bond acceptors (Lipinski definition) is 7. The number of ether oxygens (including phenoxy) is 3. The summed E-state index contributed by atoms with van der Waals surface area (Å²) in [6.45, 7) is 6.91. The Balaban J connectivity index is 2.64. The molecule has 1 N–H and O–H groups in total. The zero-order chi connectivity index (χ0) is 50.6. The Labute approximate surface area is 431 Å². The van der Waals surface area contributed by atoms with Crippen LogP contribution in [0.2, 0.25) is 0 Å². The number of hydrogen-bond donors (Lipinski definition) is 1. The van der Waals surface area contributed by atoms with Gasteiger partial charge in [0.15, 0.2) is 0 Å². The minimum absolute atomic E-state index is 0.00382. The second-order valence-electron chi connectivity index (χ2n) is 20.9. The molecule has 406 valence electrons. The highest BCUT2D eigenvalue weighted by atomic mass is 16.6. The van der Waals surface area contributed by atoms with Gasteiger partial charge in [-0.25, -0.2) is 4.79 Å². The first-order valence-corrected chi connectivity index (χ1v) is 30.2. The van der Waals surface area contributed by atoms with Crippen molar-refractivity contribution in [2.75, 3.05) is 6.61 Å². The lowest BCUT2D eigenvalue weighted by Gasteiger charge is -2.21. The average molecular weight is 983 g/mol. The predicted octanol–water partition coefficient (Wildman–Crippen LogP) is 18.3. The Bertz CT molecular complexity index is 1320. The molecule has 0 heterocycles. The molecule has 70 heavy (non-hydrogen) atoms. The van der Waals surface area contributed by atoms with E-state index in [1.165, 1.54) is 193 Å². The van der Waals surface area contributed by atoms with Gasteiger partial charge in [-0.1, -0.05) is 282 Å². The Morgan fingerprint density at radius 1 is 0.400 bits per heavy atom. The molecule has 8 nitrogen and oxygen atoms in total. The van der Waals surface area contributed by atoms with Crippen molar-refractivity contribution in [3.8, 4) is 0 Å². The summed E-state index contributed by atoms with van der Waals surface area (Å²) in [4.78, 5) is 52.7.